The Hall–Kier alpha value is -2.05. The van der Waals surface area contributed by atoms with Gasteiger partial charge in [-0.15, -0.1) is 0 Å². The van der Waals surface area contributed by atoms with E-state index in [-0.39, 0.29) is 18.5 Å². The summed E-state index contributed by atoms with van der Waals surface area (Å²) in [6.07, 6.45) is 6.75. The summed E-state index contributed by atoms with van der Waals surface area (Å²) in [4.78, 5) is 27.9. The largest absolute Gasteiger partial charge is 0.347 e. The van der Waals surface area contributed by atoms with Crippen molar-refractivity contribution in [1.29, 1.82) is 0 Å². The lowest BCUT2D eigenvalue weighted by Gasteiger charge is -2.58. The summed E-state index contributed by atoms with van der Waals surface area (Å²) >= 11 is 0. The fraction of sp³-hybridized carbons (Fsp3) is 0.722. The van der Waals surface area contributed by atoms with Crippen LogP contribution >= 0.6 is 0 Å². The van der Waals surface area contributed by atoms with Crippen molar-refractivity contribution in [3.63, 3.8) is 0 Å². The number of likely N-dealkylation sites (tertiary alicyclic amines) is 1. The normalized spacial score (nSPS) is 21.5. The Labute approximate surface area is 149 Å². The van der Waals surface area contributed by atoms with E-state index in [1.54, 1.807) is 31.0 Å². The lowest BCUT2D eigenvalue weighted by atomic mass is 9.66. The molecule has 25 heavy (non-hydrogen) atoms. The van der Waals surface area contributed by atoms with Crippen molar-refractivity contribution in [1.82, 2.24) is 19.6 Å². The van der Waals surface area contributed by atoms with E-state index < -0.39 is 0 Å². The maximum absolute atomic E-state index is 12.7. The maximum atomic E-state index is 12.7. The summed E-state index contributed by atoms with van der Waals surface area (Å²) in [5.74, 6) is 0.908. The van der Waals surface area contributed by atoms with Gasteiger partial charge in [-0.1, -0.05) is 26.7 Å². The van der Waals surface area contributed by atoms with E-state index in [9.17, 15) is 9.59 Å². The minimum absolute atomic E-state index is 0.0354. The number of carbonyl (C=O) groups excluding carboxylic acids is 2. The number of amides is 3. The predicted molar refractivity (Wildman–Crippen MR) is 96.2 cm³/mol. The predicted octanol–water partition coefficient (Wildman–Crippen LogP) is 2.40. The van der Waals surface area contributed by atoms with E-state index in [2.05, 4.69) is 24.3 Å². The van der Waals surface area contributed by atoms with Crippen LogP contribution in [0.4, 0.5) is 10.6 Å². The fourth-order valence-electron chi connectivity index (χ4n) is 4.53. The third-order valence-corrected chi connectivity index (χ3v) is 5.61. The molecule has 1 atom stereocenters. The first kappa shape index (κ1) is 17.8. The van der Waals surface area contributed by atoms with E-state index in [0.29, 0.717) is 23.2 Å². The summed E-state index contributed by atoms with van der Waals surface area (Å²) in [7, 11) is 3.42. The van der Waals surface area contributed by atoms with Gasteiger partial charge in [-0.3, -0.25) is 14.8 Å². The van der Waals surface area contributed by atoms with Crippen molar-refractivity contribution in [2.24, 2.45) is 11.3 Å². The molecular formula is C18H29N5O2. The van der Waals surface area contributed by atoms with Crippen LogP contribution in [0.3, 0.4) is 0 Å². The number of carbonyl (C=O) groups is 2. The van der Waals surface area contributed by atoms with Gasteiger partial charge in [-0.05, 0) is 18.8 Å². The SMILES string of the molecule is CC(C)C1N(C(=O)Nc2ccn(CC(=O)N(C)C)n2)CC12CCCC2. The van der Waals surface area contributed by atoms with Gasteiger partial charge in [0.25, 0.3) is 0 Å². The van der Waals surface area contributed by atoms with Crippen LogP contribution in [-0.4, -0.2) is 58.2 Å². The maximum Gasteiger partial charge on any atom is 0.323 e. The summed E-state index contributed by atoms with van der Waals surface area (Å²) in [6, 6.07) is 1.96. The molecule has 1 aliphatic carbocycles. The summed E-state index contributed by atoms with van der Waals surface area (Å²) in [5.41, 5.74) is 0.336. The van der Waals surface area contributed by atoms with Crippen LogP contribution in [0.25, 0.3) is 0 Å². The molecule has 7 heteroatoms. The lowest BCUT2D eigenvalue weighted by Crippen LogP contribution is -2.68. The average molecular weight is 347 g/mol. The minimum Gasteiger partial charge on any atom is -0.347 e. The van der Waals surface area contributed by atoms with Crippen LogP contribution in [0.1, 0.15) is 39.5 Å². The molecule has 7 nitrogen and oxygen atoms in total. The highest BCUT2D eigenvalue weighted by Crippen LogP contribution is 2.52. The van der Waals surface area contributed by atoms with Crippen LogP contribution in [0.15, 0.2) is 12.3 Å². The van der Waals surface area contributed by atoms with E-state index in [0.717, 1.165) is 6.54 Å². The molecule has 0 aromatic carbocycles. The second-order valence-electron chi connectivity index (χ2n) is 8.00. The van der Waals surface area contributed by atoms with Crippen LogP contribution < -0.4 is 5.32 Å². The number of likely N-dealkylation sites (N-methyl/N-ethyl adjacent to an activating group) is 1. The van der Waals surface area contributed by atoms with Gasteiger partial charge in [0.2, 0.25) is 5.91 Å². The molecular weight excluding hydrogens is 318 g/mol. The Morgan fingerprint density at radius 2 is 2.04 bits per heavy atom. The number of nitrogens with one attached hydrogen (secondary N) is 1. The molecule has 1 aliphatic heterocycles. The zero-order valence-corrected chi connectivity index (χ0v) is 15.7. The van der Waals surface area contributed by atoms with Crippen molar-refractivity contribution in [2.45, 2.75) is 52.1 Å². The van der Waals surface area contributed by atoms with Crippen LogP contribution in [0.2, 0.25) is 0 Å². The Morgan fingerprint density at radius 3 is 2.64 bits per heavy atom. The Bertz CT molecular complexity index is 646. The Morgan fingerprint density at radius 1 is 1.36 bits per heavy atom. The molecule has 138 valence electrons. The van der Waals surface area contributed by atoms with Crippen LogP contribution in [0.5, 0.6) is 0 Å². The minimum atomic E-state index is -0.0830. The second-order valence-corrected chi connectivity index (χ2v) is 8.00. The van der Waals surface area contributed by atoms with Crippen molar-refractivity contribution in [3.05, 3.63) is 12.3 Å². The van der Waals surface area contributed by atoms with Crippen molar-refractivity contribution >= 4 is 17.8 Å². The van der Waals surface area contributed by atoms with Gasteiger partial charge in [-0.2, -0.15) is 5.10 Å². The van der Waals surface area contributed by atoms with E-state index >= 15 is 0 Å². The summed E-state index contributed by atoms with van der Waals surface area (Å²) < 4.78 is 1.55. The summed E-state index contributed by atoms with van der Waals surface area (Å²) in [6.45, 7) is 5.42. The number of aromatic nitrogens is 2. The molecule has 1 aromatic heterocycles. The number of urea groups is 1. The highest BCUT2D eigenvalue weighted by Gasteiger charge is 2.56. The molecule has 0 bridgehead atoms. The Balaban J connectivity index is 1.61. The third-order valence-electron chi connectivity index (χ3n) is 5.61. The molecule has 1 N–H and O–H groups in total. The number of anilines is 1. The standard InChI is InChI=1S/C18H29N5O2/c1-13(2)16-18(8-5-6-9-18)12-23(16)17(25)19-14-7-10-22(20-14)11-15(24)21(3)4/h7,10,13,16H,5-6,8-9,11-12H2,1-4H3,(H,19,20,25). The van der Waals surface area contributed by atoms with Gasteiger partial charge in [-0.25, -0.2) is 4.79 Å². The Kier molecular flexibility index (Phi) is 4.75. The highest BCUT2D eigenvalue weighted by molar-refractivity contribution is 5.89. The van der Waals surface area contributed by atoms with Crippen molar-refractivity contribution in [2.75, 3.05) is 26.0 Å². The highest BCUT2D eigenvalue weighted by atomic mass is 16.2. The quantitative estimate of drug-likeness (QED) is 0.909. The topological polar surface area (TPSA) is 70.5 Å². The molecule has 1 saturated carbocycles. The number of nitrogens with zero attached hydrogens (tertiary/aromatic N) is 4. The molecule has 1 saturated heterocycles. The van der Waals surface area contributed by atoms with Crippen molar-refractivity contribution in [3.8, 4) is 0 Å². The first-order valence-electron chi connectivity index (χ1n) is 9.14. The lowest BCUT2D eigenvalue weighted by molar-refractivity contribution is -0.129. The monoisotopic (exact) mass is 347 g/mol. The van der Waals surface area contributed by atoms with Gasteiger partial charge in [0.15, 0.2) is 5.82 Å². The third kappa shape index (κ3) is 3.37. The molecule has 1 unspecified atom stereocenters. The molecule has 1 spiro atoms. The molecule has 3 rings (SSSR count). The van der Waals surface area contributed by atoms with Gasteiger partial charge in [0, 0.05) is 44.4 Å². The second kappa shape index (κ2) is 6.69. The van der Waals surface area contributed by atoms with E-state index in [1.807, 2.05) is 4.90 Å². The molecule has 0 radical (unpaired) electrons. The first-order chi connectivity index (χ1) is 11.8. The number of hydrogen-bond acceptors (Lipinski definition) is 3. The van der Waals surface area contributed by atoms with Gasteiger partial charge in [0.1, 0.15) is 6.54 Å². The van der Waals surface area contributed by atoms with Gasteiger partial charge < -0.3 is 9.80 Å². The van der Waals surface area contributed by atoms with E-state index in [1.165, 1.54) is 30.6 Å². The van der Waals surface area contributed by atoms with Gasteiger partial charge in [0.05, 0.1) is 0 Å². The van der Waals surface area contributed by atoms with Gasteiger partial charge >= 0.3 is 6.03 Å². The number of rotatable bonds is 4. The molecule has 2 aliphatic rings. The summed E-state index contributed by atoms with van der Waals surface area (Å²) in [5, 5.41) is 7.17. The first-order valence-corrected chi connectivity index (χ1v) is 9.14. The van der Waals surface area contributed by atoms with Crippen LogP contribution in [0, 0.1) is 11.3 Å². The van der Waals surface area contributed by atoms with Crippen LogP contribution in [-0.2, 0) is 11.3 Å². The van der Waals surface area contributed by atoms with E-state index in [4.69, 9.17) is 0 Å². The van der Waals surface area contributed by atoms with Crippen molar-refractivity contribution < 1.29 is 9.59 Å². The molecule has 2 fully saturated rings. The zero-order valence-electron chi connectivity index (χ0n) is 15.7. The smallest absolute Gasteiger partial charge is 0.323 e. The average Bonchev–Trinajstić information content (AvgIpc) is 3.14. The molecule has 2 heterocycles. The molecule has 1 aromatic rings. The fourth-order valence-corrected chi connectivity index (χ4v) is 4.53. The zero-order chi connectivity index (χ0) is 18.2. The number of hydrogen-bond donors (Lipinski definition) is 1. The molecule has 3 amide bonds.